The van der Waals surface area contributed by atoms with Crippen molar-refractivity contribution in [1.82, 2.24) is 10.6 Å². The first-order valence-corrected chi connectivity index (χ1v) is 6.61. The molecule has 0 aromatic heterocycles. The molecule has 0 unspecified atom stereocenters. The quantitative estimate of drug-likeness (QED) is 0.715. The Morgan fingerprint density at radius 3 is 2.95 bits per heavy atom. The summed E-state index contributed by atoms with van der Waals surface area (Å²) in [6, 6.07) is 9.26. The van der Waals surface area contributed by atoms with Gasteiger partial charge in [0, 0.05) is 6.54 Å². The summed E-state index contributed by atoms with van der Waals surface area (Å²) >= 11 is 0. The van der Waals surface area contributed by atoms with E-state index in [2.05, 4.69) is 10.6 Å². The summed E-state index contributed by atoms with van der Waals surface area (Å²) in [5.41, 5.74) is 0. The second-order valence-corrected chi connectivity index (χ2v) is 4.65. The van der Waals surface area contributed by atoms with Gasteiger partial charge in [-0.1, -0.05) is 18.2 Å². The summed E-state index contributed by atoms with van der Waals surface area (Å²) in [5.74, 6) is 0.680. The molecule has 1 saturated heterocycles. The van der Waals surface area contributed by atoms with Gasteiger partial charge >= 0.3 is 0 Å². The van der Waals surface area contributed by atoms with Gasteiger partial charge in [-0.25, -0.2) is 0 Å². The Morgan fingerprint density at radius 1 is 1.42 bits per heavy atom. The smallest absolute Gasteiger partial charge is 0.223 e. The Bertz CT molecular complexity index is 397. The van der Waals surface area contributed by atoms with Crippen LogP contribution >= 0.6 is 0 Å². The monoisotopic (exact) mass is 264 g/mol. The van der Waals surface area contributed by atoms with E-state index in [1.807, 2.05) is 30.3 Å². The van der Waals surface area contributed by atoms with Crippen molar-refractivity contribution in [2.75, 3.05) is 19.7 Å². The van der Waals surface area contributed by atoms with E-state index in [0.29, 0.717) is 19.6 Å². The molecule has 1 aromatic carbocycles. The Morgan fingerprint density at radius 2 is 2.21 bits per heavy atom. The molecule has 5 nitrogen and oxygen atoms in total. The van der Waals surface area contributed by atoms with Gasteiger partial charge in [0.1, 0.15) is 5.75 Å². The van der Waals surface area contributed by atoms with Crippen molar-refractivity contribution in [1.29, 1.82) is 0 Å². The van der Waals surface area contributed by atoms with Gasteiger partial charge < -0.3 is 20.5 Å². The average molecular weight is 264 g/mol. The highest BCUT2D eigenvalue weighted by Crippen LogP contribution is 2.08. The standard InChI is InChI=1S/C14H20N2O3/c17-13-10-15-8-6-12(13)16-14(18)7-9-19-11-4-2-1-3-5-11/h1-5,12-13,15,17H,6-10H2,(H,16,18)/t12-,13-/m1/s1. The molecule has 3 N–H and O–H groups in total. The maximum Gasteiger partial charge on any atom is 0.223 e. The number of benzene rings is 1. The Kier molecular flexibility index (Phi) is 5.18. The number of amides is 1. The van der Waals surface area contributed by atoms with Crippen LogP contribution in [-0.2, 0) is 4.79 Å². The van der Waals surface area contributed by atoms with Crippen LogP contribution in [0.1, 0.15) is 12.8 Å². The van der Waals surface area contributed by atoms with Gasteiger partial charge in [0.15, 0.2) is 0 Å². The molecule has 5 heteroatoms. The lowest BCUT2D eigenvalue weighted by atomic mass is 10.0. The van der Waals surface area contributed by atoms with Crippen molar-refractivity contribution in [2.45, 2.75) is 25.0 Å². The third kappa shape index (κ3) is 4.54. The maximum atomic E-state index is 11.7. The molecule has 0 saturated carbocycles. The SMILES string of the molecule is O=C(CCOc1ccccc1)N[C@@H]1CCNC[C@H]1O. The highest BCUT2D eigenvalue weighted by Gasteiger charge is 2.23. The van der Waals surface area contributed by atoms with Gasteiger partial charge in [0.2, 0.25) is 5.91 Å². The van der Waals surface area contributed by atoms with Crippen molar-refractivity contribution in [3.63, 3.8) is 0 Å². The number of carbonyl (C=O) groups excluding carboxylic acids is 1. The van der Waals surface area contributed by atoms with E-state index >= 15 is 0 Å². The minimum atomic E-state index is -0.507. The Balaban J connectivity index is 1.67. The highest BCUT2D eigenvalue weighted by atomic mass is 16.5. The number of para-hydroxylation sites is 1. The fourth-order valence-electron chi connectivity index (χ4n) is 2.07. The molecule has 1 aliphatic rings. The summed E-state index contributed by atoms with van der Waals surface area (Å²) < 4.78 is 5.46. The van der Waals surface area contributed by atoms with Crippen LogP contribution in [0, 0.1) is 0 Å². The first-order chi connectivity index (χ1) is 9.25. The predicted octanol–water partition coefficient (Wildman–Crippen LogP) is 0.294. The fourth-order valence-corrected chi connectivity index (χ4v) is 2.07. The summed E-state index contributed by atoms with van der Waals surface area (Å²) in [6.07, 6.45) is 0.547. The Hall–Kier alpha value is -1.59. The number of aliphatic hydroxyl groups is 1. The van der Waals surface area contributed by atoms with Gasteiger partial charge in [0.05, 0.1) is 25.2 Å². The van der Waals surface area contributed by atoms with Crippen LogP contribution < -0.4 is 15.4 Å². The summed E-state index contributed by atoms with van der Waals surface area (Å²) in [4.78, 5) is 11.7. The average Bonchev–Trinajstić information content (AvgIpc) is 2.43. The number of nitrogens with one attached hydrogen (secondary N) is 2. The van der Waals surface area contributed by atoms with Crippen molar-refractivity contribution in [3.8, 4) is 5.75 Å². The lowest BCUT2D eigenvalue weighted by Gasteiger charge is -2.29. The number of hydrogen-bond donors (Lipinski definition) is 3. The molecule has 1 heterocycles. The zero-order valence-corrected chi connectivity index (χ0v) is 10.8. The van der Waals surface area contributed by atoms with Gasteiger partial charge in [-0.3, -0.25) is 4.79 Å². The van der Waals surface area contributed by atoms with Crippen LogP contribution in [0.5, 0.6) is 5.75 Å². The second kappa shape index (κ2) is 7.11. The van der Waals surface area contributed by atoms with Crippen LogP contribution in [0.3, 0.4) is 0 Å². The van der Waals surface area contributed by atoms with Gasteiger partial charge in [0.25, 0.3) is 0 Å². The van der Waals surface area contributed by atoms with E-state index in [0.717, 1.165) is 18.7 Å². The highest BCUT2D eigenvalue weighted by molar-refractivity contribution is 5.76. The van der Waals surface area contributed by atoms with Crippen LogP contribution in [0.4, 0.5) is 0 Å². The van der Waals surface area contributed by atoms with E-state index in [9.17, 15) is 9.90 Å². The van der Waals surface area contributed by atoms with Crippen molar-refractivity contribution < 1.29 is 14.6 Å². The number of ether oxygens (including phenoxy) is 1. The summed E-state index contributed by atoms with van der Waals surface area (Å²) in [7, 11) is 0. The number of hydrogen-bond acceptors (Lipinski definition) is 4. The van der Waals surface area contributed by atoms with E-state index in [-0.39, 0.29) is 11.9 Å². The number of carbonyl (C=O) groups is 1. The molecule has 104 valence electrons. The van der Waals surface area contributed by atoms with Crippen molar-refractivity contribution >= 4 is 5.91 Å². The van der Waals surface area contributed by atoms with Crippen LogP contribution in [-0.4, -0.2) is 42.9 Å². The van der Waals surface area contributed by atoms with Crippen LogP contribution in [0.2, 0.25) is 0 Å². The van der Waals surface area contributed by atoms with Crippen molar-refractivity contribution in [2.24, 2.45) is 0 Å². The van der Waals surface area contributed by atoms with Crippen LogP contribution in [0.25, 0.3) is 0 Å². The van der Waals surface area contributed by atoms with Gasteiger partial charge in [-0.2, -0.15) is 0 Å². The zero-order chi connectivity index (χ0) is 13.5. The van der Waals surface area contributed by atoms with Crippen molar-refractivity contribution in [3.05, 3.63) is 30.3 Å². The predicted molar refractivity (Wildman–Crippen MR) is 72.0 cm³/mol. The largest absolute Gasteiger partial charge is 0.493 e. The Labute approximate surface area is 113 Å². The van der Waals surface area contributed by atoms with Crippen LogP contribution in [0.15, 0.2) is 30.3 Å². The van der Waals surface area contributed by atoms with E-state index in [1.54, 1.807) is 0 Å². The third-order valence-electron chi connectivity index (χ3n) is 3.14. The molecule has 1 aliphatic heterocycles. The molecular weight excluding hydrogens is 244 g/mol. The first-order valence-electron chi connectivity index (χ1n) is 6.61. The lowest BCUT2D eigenvalue weighted by molar-refractivity contribution is -0.123. The molecule has 1 fully saturated rings. The molecule has 19 heavy (non-hydrogen) atoms. The lowest BCUT2D eigenvalue weighted by Crippen LogP contribution is -2.52. The number of piperidine rings is 1. The molecule has 1 aromatic rings. The second-order valence-electron chi connectivity index (χ2n) is 4.65. The number of rotatable bonds is 5. The normalized spacial score (nSPS) is 22.8. The van der Waals surface area contributed by atoms with E-state index in [4.69, 9.17) is 4.74 Å². The third-order valence-corrected chi connectivity index (χ3v) is 3.14. The fraction of sp³-hybridized carbons (Fsp3) is 0.500. The minimum Gasteiger partial charge on any atom is -0.493 e. The molecule has 1 amide bonds. The first kappa shape index (κ1) is 13.8. The zero-order valence-electron chi connectivity index (χ0n) is 10.8. The molecule has 2 rings (SSSR count). The molecule has 2 atom stereocenters. The van der Waals surface area contributed by atoms with E-state index in [1.165, 1.54) is 0 Å². The minimum absolute atomic E-state index is 0.0816. The maximum absolute atomic E-state index is 11.7. The summed E-state index contributed by atoms with van der Waals surface area (Å²) in [6.45, 7) is 1.70. The molecule has 0 spiro atoms. The molecule has 0 aliphatic carbocycles. The van der Waals surface area contributed by atoms with Gasteiger partial charge in [-0.05, 0) is 25.1 Å². The molecular formula is C14H20N2O3. The topological polar surface area (TPSA) is 70.6 Å². The van der Waals surface area contributed by atoms with Gasteiger partial charge in [-0.15, -0.1) is 0 Å². The number of aliphatic hydroxyl groups excluding tert-OH is 1. The number of β-amino-alcohol motifs (C(OH)–C–C–N with tert-alkyl or cyclic N) is 1. The van der Waals surface area contributed by atoms with E-state index < -0.39 is 6.10 Å². The molecule has 0 bridgehead atoms. The summed E-state index contributed by atoms with van der Waals surface area (Å²) in [5, 5.41) is 15.6. The molecule has 0 radical (unpaired) electrons.